The summed E-state index contributed by atoms with van der Waals surface area (Å²) in [6, 6.07) is 16.8. The van der Waals surface area contributed by atoms with Gasteiger partial charge in [0.1, 0.15) is 24.5 Å². The second-order valence-corrected chi connectivity index (χ2v) is 10.1. The van der Waals surface area contributed by atoms with Gasteiger partial charge in [-0.05, 0) is 74.4 Å². The molecule has 0 saturated heterocycles. The van der Waals surface area contributed by atoms with E-state index in [1.54, 1.807) is 37.1 Å². The van der Waals surface area contributed by atoms with Crippen LogP contribution in [0.25, 0.3) is 0 Å². The van der Waals surface area contributed by atoms with E-state index in [1.807, 2.05) is 38.1 Å². The van der Waals surface area contributed by atoms with Crippen LogP contribution in [0, 0.1) is 17.7 Å². The molecular weight excluding hydrogens is 459 g/mol. The van der Waals surface area contributed by atoms with Gasteiger partial charge in [0.05, 0.1) is 6.10 Å². The fourth-order valence-corrected chi connectivity index (χ4v) is 5.68. The summed E-state index contributed by atoms with van der Waals surface area (Å²) in [5, 5.41) is 0. The van der Waals surface area contributed by atoms with Gasteiger partial charge in [-0.25, -0.2) is 4.39 Å². The van der Waals surface area contributed by atoms with E-state index >= 15 is 0 Å². The van der Waals surface area contributed by atoms with Crippen molar-refractivity contribution >= 4 is 18.0 Å². The highest BCUT2D eigenvalue weighted by Gasteiger charge is 2.36. The van der Waals surface area contributed by atoms with Gasteiger partial charge in [-0.15, -0.1) is 11.8 Å². The average Bonchev–Trinajstić information content (AvgIpc) is 2.87. The van der Waals surface area contributed by atoms with Crippen LogP contribution in [0.2, 0.25) is 0 Å². The van der Waals surface area contributed by atoms with Crippen molar-refractivity contribution in [2.45, 2.75) is 50.7 Å². The van der Waals surface area contributed by atoms with E-state index in [1.165, 1.54) is 6.07 Å². The Morgan fingerprint density at radius 3 is 2.54 bits per heavy atom. The van der Waals surface area contributed by atoms with Crippen molar-refractivity contribution in [3.63, 3.8) is 0 Å². The first-order valence-corrected chi connectivity index (χ1v) is 13.0. The van der Waals surface area contributed by atoms with E-state index in [9.17, 15) is 9.18 Å². The van der Waals surface area contributed by atoms with Crippen molar-refractivity contribution in [3.8, 4) is 0 Å². The molecule has 1 aliphatic carbocycles. The summed E-state index contributed by atoms with van der Waals surface area (Å²) in [6.07, 6.45) is 5.58. The Labute approximate surface area is 213 Å². The number of carbonyl (C=O) groups is 1. The molecule has 186 valence electrons. The van der Waals surface area contributed by atoms with Crippen molar-refractivity contribution < 1.29 is 18.7 Å². The Morgan fingerprint density at radius 1 is 1.17 bits per heavy atom. The second-order valence-electron chi connectivity index (χ2n) is 9.02. The smallest absolute Gasteiger partial charge is 0.129 e. The average molecular weight is 495 g/mol. The molecule has 3 nitrogen and oxygen atoms in total. The molecule has 2 unspecified atom stereocenters. The minimum absolute atomic E-state index is 0.0880. The number of hydrogen-bond donors (Lipinski definition) is 0. The van der Waals surface area contributed by atoms with Gasteiger partial charge in [-0.2, -0.15) is 0 Å². The SMILES string of the molecule is C=C(C)/C=C(OCc1ccccc1F)\C(C)=C1/CCCC(C(C=O)CSc2ccccc2)[C@H]1OC. The first-order chi connectivity index (χ1) is 16.9. The van der Waals surface area contributed by atoms with Gasteiger partial charge in [0.15, 0.2) is 0 Å². The number of carbonyl (C=O) groups excluding carboxylic acids is 1. The van der Waals surface area contributed by atoms with Crippen molar-refractivity contribution in [3.05, 3.63) is 101 Å². The molecule has 0 spiro atoms. The monoisotopic (exact) mass is 494 g/mol. The molecule has 1 saturated carbocycles. The first kappa shape index (κ1) is 27.0. The van der Waals surface area contributed by atoms with Crippen molar-refractivity contribution in [2.24, 2.45) is 11.8 Å². The molecule has 0 aromatic heterocycles. The molecule has 5 heteroatoms. The standard InChI is InChI=1S/C30H35FO3S/c1-21(2)17-29(34-19-23-11-8-9-16-28(23)31)22(3)26-14-10-15-27(30(26)33-4)24(18-32)20-35-25-12-6-5-7-13-25/h5-9,11-13,16-18,24,27,30H,1,10,14-15,19-20H2,2-4H3/b26-22+,29-17+/t24?,27?,30-/m0/s1. The number of methoxy groups -OCH3 is 1. The zero-order valence-electron chi connectivity index (χ0n) is 20.8. The van der Waals surface area contributed by atoms with Crippen LogP contribution >= 0.6 is 11.8 Å². The summed E-state index contributed by atoms with van der Waals surface area (Å²) < 4.78 is 26.3. The molecule has 2 aromatic rings. The van der Waals surface area contributed by atoms with Crippen LogP contribution in [-0.2, 0) is 20.9 Å². The molecule has 0 aliphatic heterocycles. The van der Waals surface area contributed by atoms with Gasteiger partial charge in [0, 0.05) is 29.2 Å². The molecule has 0 amide bonds. The van der Waals surface area contributed by atoms with E-state index in [4.69, 9.17) is 9.47 Å². The van der Waals surface area contributed by atoms with Crippen molar-refractivity contribution in [1.29, 1.82) is 0 Å². The van der Waals surface area contributed by atoms with Gasteiger partial charge in [-0.3, -0.25) is 0 Å². The molecule has 3 rings (SSSR count). The lowest BCUT2D eigenvalue weighted by Crippen LogP contribution is -2.37. The van der Waals surface area contributed by atoms with Gasteiger partial charge >= 0.3 is 0 Å². The van der Waals surface area contributed by atoms with E-state index in [0.717, 1.165) is 47.2 Å². The second kappa shape index (κ2) is 13.5. The van der Waals surface area contributed by atoms with Crippen molar-refractivity contribution in [2.75, 3.05) is 12.9 Å². The maximum atomic E-state index is 14.2. The van der Waals surface area contributed by atoms with Crippen LogP contribution in [0.3, 0.4) is 0 Å². The Morgan fingerprint density at radius 2 is 1.89 bits per heavy atom. The molecule has 1 aliphatic rings. The maximum absolute atomic E-state index is 14.2. The number of halogens is 1. The van der Waals surface area contributed by atoms with Crippen molar-refractivity contribution in [1.82, 2.24) is 0 Å². The zero-order chi connectivity index (χ0) is 25.2. The summed E-state index contributed by atoms with van der Waals surface area (Å²) >= 11 is 1.70. The highest BCUT2D eigenvalue weighted by Crippen LogP contribution is 2.40. The largest absolute Gasteiger partial charge is 0.489 e. The molecule has 0 N–H and O–H groups in total. The Hall–Kier alpha value is -2.63. The number of hydrogen-bond acceptors (Lipinski definition) is 4. The van der Waals surface area contributed by atoms with Gasteiger partial charge in [0.2, 0.25) is 0 Å². The van der Waals surface area contributed by atoms with Gasteiger partial charge in [0.25, 0.3) is 0 Å². The van der Waals surface area contributed by atoms with Crippen LogP contribution < -0.4 is 0 Å². The predicted octanol–water partition coefficient (Wildman–Crippen LogP) is 7.54. The predicted molar refractivity (Wildman–Crippen MR) is 142 cm³/mol. The molecule has 1 fully saturated rings. The third kappa shape index (κ3) is 7.42. The summed E-state index contributed by atoms with van der Waals surface area (Å²) in [6.45, 7) is 8.07. The lowest BCUT2D eigenvalue weighted by Gasteiger charge is -2.37. The summed E-state index contributed by atoms with van der Waals surface area (Å²) in [5.41, 5.74) is 3.46. The van der Waals surface area contributed by atoms with Crippen LogP contribution in [-0.4, -0.2) is 25.3 Å². The van der Waals surface area contributed by atoms with E-state index in [0.29, 0.717) is 17.1 Å². The molecule has 0 bridgehead atoms. The number of benzene rings is 2. The molecule has 35 heavy (non-hydrogen) atoms. The number of thioether (sulfide) groups is 1. The van der Waals surface area contributed by atoms with Gasteiger partial charge < -0.3 is 14.3 Å². The highest BCUT2D eigenvalue weighted by molar-refractivity contribution is 7.99. The molecule has 2 aromatic carbocycles. The third-order valence-electron chi connectivity index (χ3n) is 6.45. The summed E-state index contributed by atoms with van der Waals surface area (Å²) in [7, 11) is 1.71. The Kier molecular flexibility index (Phi) is 10.4. The Bertz CT molecular complexity index is 1060. The minimum Gasteiger partial charge on any atom is -0.489 e. The molecule has 3 atom stereocenters. The molecular formula is C30H35FO3S. The molecule has 0 heterocycles. The number of rotatable bonds is 11. The van der Waals surface area contributed by atoms with E-state index in [-0.39, 0.29) is 30.4 Å². The summed E-state index contributed by atoms with van der Waals surface area (Å²) in [4.78, 5) is 13.3. The van der Waals surface area contributed by atoms with E-state index < -0.39 is 0 Å². The van der Waals surface area contributed by atoms with Crippen LogP contribution in [0.15, 0.2) is 94.6 Å². The third-order valence-corrected chi connectivity index (χ3v) is 7.61. The fourth-order valence-electron chi connectivity index (χ4n) is 4.62. The lowest BCUT2D eigenvalue weighted by molar-refractivity contribution is -0.113. The summed E-state index contributed by atoms with van der Waals surface area (Å²) in [5.74, 6) is 1.05. The fraction of sp³-hybridized carbons (Fsp3) is 0.367. The minimum atomic E-state index is -0.287. The normalized spacial score (nSPS) is 20.7. The Balaban J connectivity index is 1.83. The van der Waals surface area contributed by atoms with Gasteiger partial charge in [-0.1, -0.05) is 48.6 Å². The zero-order valence-corrected chi connectivity index (χ0v) is 21.7. The quantitative estimate of drug-likeness (QED) is 0.140. The van der Waals surface area contributed by atoms with Crippen LogP contribution in [0.1, 0.15) is 38.7 Å². The lowest BCUT2D eigenvalue weighted by atomic mass is 9.75. The van der Waals surface area contributed by atoms with Crippen LogP contribution in [0.5, 0.6) is 0 Å². The number of ether oxygens (including phenoxy) is 2. The van der Waals surface area contributed by atoms with E-state index in [2.05, 4.69) is 18.7 Å². The topological polar surface area (TPSA) is 35.5 Å². The number of aldehydes is 1. The highest BCUT2D eigenvalue weighted by atomic mass is 32.2. The first-order valence-electron chi connectivity index (χ1n) is 12.0. The van der Waals surface area contributed by atoms with Crippen LogP contribution in [0.4, 0.5) is 4.39 Å². The molecule has 0 radical (unpaired) electrons. The number of allylic oxidation sites excluding steroid dienone is 3. The maximum Gasteiger partial charge on any atom is 0.129 e.